The van der Waals surface area contributed by atoms with Crippen LogP contribution in [-0.2, 0) is 0 Å². The Kier molecular flexibility index (Phi) is 2.64. The molecule has 1 aliphatic rings. The highest BCUT2D eigenvalue weighted by atomic mass is 16.5. The number of hydrogen-bond acceptors (Lipinski definition) is 4. The van der Waals surface area contributed by atoms with Gasteiger partial charge in [-0.05, 0) is 30.4 Å². The van der Waals surface area contributed by atoms with Gasteiger partial charge in [0, 0.05) is 10.9 Å². The van der Waals surface area contributed by atoms with Crippen molar-refractivity contribution in [1.82, 2.24) is 4.98 Å². The Morgan fingerprint density at radius 3 is 2.70 bits per heavy atom. The van der Waals surface area contributed by atoms with E-state index in [0.717, 1.165) is 0 Å². The van der Waals surface area contributed by atoms with Gasteiger partial charge in [-0.15, -0.1) is 0 Å². The van der Waals surface area contributed by atoms with E-state index >= 15 is 0 Å². The standard InChI is InChI=1S/C14H9NO5/c16-13(17)9-6-7-3-4-10-8(2-1-5-20-10)11(7)15-12(9)14(18)19/h1-4,6H,5H2,(H,16,17)(H,18,19). The first-order chi connectivity index (χ1) is 9.58. The molecule has 20 heavy (non-hydrogen) atoms. The summed E-state index contributed by atoms with van der Waals surface area (Å²) in [4.78, 5) is 26.3. The first kappa shape index (κ1) is 12.2. The fraction of sp³-hybridized carbons (Fsp3) is 0.0714. The van der Waals surface area contributed by atoms with Crippen LogP contribution in [0.1, 0.15) is 26.4 Å². The number of ether oxygens (including phenoxy) is 1. The maximum absolute atomic E-state index is 11.2. The highest BCUT2D eigenvalue weighted by Gasteiger charge is 2.21. The second kappa shape index (κ2) is 4.34. The molecule has 2 aromatic rings. The van der Waals surface area contributed by atoms with Crippen molar-refractivity contribution in [3.8, 4) is 5.75 Å². The van der Waals surface area contributed by atoms with Crippen LogP contribution in [0.15, 0.2) is 24.3 Å². The van der Waals surface area contributed by atoms with E-state index < -0.39 is 17.6 Å². The molecule has 100 valence electrons. The van der Waals surface area contributed by atoms with Crippen molar-refractivity contribution in [3.05, 3.63) is 41.1 Å². The molecule has 0 aliphatic carbocycles. The molecule has 1 aromatic carbocycles. The summed E-state index contributed by atoms with van der Waals surface area (Å²) in [5.74, 6) is -2.09. The summed E-state index contributed by atoms with van der Waals surface area (Å²) in [6.45, 7) is 0.442. The molecule has 3 rings (SSSR count). The Bertz CT molecular complexity index is 779. The van der Waals surface area contributed by atoms with E-state index in [1.54, 1.807) is 24.3 Å². The monoisotopic (exact) mass is 271 g/mol. The van der Waals surface area contributed by atoms with Crippen LogP contribution in [0.5, 0.6) is 5.75 Å². The number of carboxylic acid groups (broad SMARTS) is 2. The second-order valence-corrected chi connectivity index (χ2v) is 4.26. The fourth-order valence-corrected chi connectivity index (χ4v) is 2.16. The molecule has 2 N–H and O–H groups in total. The van der Waals surface area contributed by atoms with Crippen molar-refractivity contribution >= 4 is 28.9 Å². The van der Waals surface area contributed by atoms with Crippen LogP contribution >= 0.6 is 0 Å². The summed E-state index contributed by atoms with van der Waals surface area (Å²) in [6, 6.07) is 4.70. The van der Waals surface area contributed by atoms with Gasteiger partial charge in [0.05, 0.1) is 11.1 Å². The van der Waals surface area contributed by atoms with Crippen molar-refractivity contribution in [2.24, 2.45) is 0 Å². The third-order valence-corrected chi connectivity index (χ3v) is 3.04. The van der Waals surface area contributed by atoms with E-state index in [1.807, 2.05) is 0 Å². The van der Waals surface area contributed by atoms with E-state index in [9.17, 15) is 9.59 Å². The SMILES string of the molecule is O=C(O)c1cc2ccc3c(c2nc1C(=O)O)C=CCO3. The molecule has 0 radical (unpaired) electrons. The molecule has 0 spiro atoms. The number of nitrogens with zero attached hydrogens (tertiary/aromatic N) is 1. The van der Waals surface area contributed by atoms with Gasteiger partial charge in [-0.2, -0.15) is 0 Å². The molecule has 1 aromatic heterocycles. The third kappa shape index (κ3) is 1.78. The van der Waals surface area contributed by atoms with Gasteiger partial charge in [0.1, 0.15) is 12.4 Å². The average Bonchev–Trinajstić information content (AvgIpc) is 2.45. The Hall–Kier alpha value is -2.89. The van der Waals surface area contributed by atoms with E-state index in [-0.39, 0.29) is 5.56 Å². The Balaban J connectivity index is 2.38. The van der Waals surface area contributed by atoms with Gasteiger partial charge in [-0.3, -0.25) is 0 Å². The topological polar surface area (TPSA) is 96.7 Å². The van der Waals surface area contributed by atoms with Gasteiger partial charge in [0.2, 0.25) is 0 Å². The molecule has 0 unspecified atom stereocenters. The zero-order chi connectivity index (χ0) is 14.3. The van der Waals surface area contributed by atoms with E-state index in [2.05, 4.69) is 4.98 Å². The maximum Gasteiger partial charge on any atom is 0.355 e. The van der Waals surface area contributed by atoms with Crippen molar-refractivity contribution < 1.29 is 24.5 Å². The van der Waals surface area contributed by atoms with Gasteiger partial charge in [-0.1, -0.05) is 0 Å². The summed E-state index contributed by atoms with van der Waals surface area (Å²) in [5, 5.41) is 18.7. The number of benzene rings is 1. The van der Waals surface area contributed by atoms with Crippen LogP contribution in [0.2, 0.25) is 0 Å². The number of aromatic nitrogens is 1. The smallest absolute Gasteiger partial charge is 0.355 e. The Morgan fingerprint density at radius 2 is 2.00 bits per heavy atom. The highest BCUT2D eigenvalue weighted by molar-refractivity contribution is 6.04. The molecular formula is C14H9NO5. The summed E-state index contributed by atoms with van der Waals surface area (Å²) in [6.07, 6.45) is 3.58. The van der Waals surface area contributed by atoms with Crippen LogP contribution in [0.3, 0.4) is 0 Å². The number of hydrogen-bond donors (Lipinski definition) is 2. The number of fused-ring (bicyclic) bond motifs is 3. The predicted molar refractivity (Wildman–Crippen MR) is 70.2 cm³/mol. The molecule has 0 saturated heterocycles. The van der Waals surface area contributed by atoms with Crippen LogP contribution < -0.4 is 4.74 Å². The quantitative estimate of drug-likeness (QED) is 0.867. The number of pyridine rings is 1. The van der Waals surface area contributed by atoms with Crippen molar-refractivity contribution in [2.45, 2.75) is 0 Å². The Morgan fingerprint density at radius 1 is 1.20 bits per heavy atom. The largest absolute Gasteiger partial charge is 0.489 e. The molecule has 6 nitrogen and oxygen atoms in total. The Labute approximate surface area is 112 Å². The minimum absolute atomic E-state index is 0.328. The van der Waals surface area contributed by atoms with Gasteiger partial charge in [0.25, 0.3) is 0 Å². The van der Waals surface area contributed by atoms with Gasteiger partial charge < -0.3 is 14.9 Å². The molecule has 1 aliphatic heterocycles. The highest BCUT2D eigenvalue weighted by Crippen LogP contribution is 2.31. The molecule has 0 fully saturated rings. The van der Waals surface area contributed by atoms with Crippen LogP contribution in [0, 0.1) is 0 Å². The zero-order valence-electron chi connectivity index (χ0n) is 10.2. The fourth-order valence-electron chi connectivity index (χ4n) is 2.16. The van der Waals surface area contributed by atoms with E-state index in [4.69, 9.17) is 14.9 Å². The number of aromatic carboxylic acids is 2. The van der Waals surface area contributed by atoms with E-state index in [0.29, 0.717) is 28.8 Å². The number of carboxylic acids is 2. The first-order valence-corrected chi connectivity index (χ1v) is 5.81. The lowest BCUT2D eigenvalue weighted by Gasteiger charge is -2.14. The second-order valence-electron chi connectivity index (χ2n) is 4.26. The van der Waals surface area contributed by atoms with Crippen molar-refractivity contribution in [2.75, 3.05) is 6.61 Å². The molecule has 6 heteroatoms. The minimum atomic E-state index is -1.37. The summed E-state index contributed by atoms with van der Waals surface area (Å²) < 4.78 is 5.42. The molecule has 2 heterocycles. The molecule has 0 bridgehead atoms. The summed E-state index contributed by atoms with van der Waals surface area (Å²) in [5.41, 5.74) is 0.275. The van der Waals surface area contributed by atoms with Crippen LogP contribution in [0.25, 0.3) is 17.0 Å². The lowest BCUT2D eigenvalue weighted by molar-refractivity contribution is 0.0647. The molecule has 0 atom stereocenters. The van der Waals surface area contributed by atoms with Crippen molar-refractivity contribution in [3.63, 3.8) is 0 Å². The lowest BCUT2D eigenvalue weighted by Crippen LogP contribution is -2.11. The average molecular weight is 271 g/mol. The lowest BCUT2D eigenvalue weighted by atomic mass is 10.0. The predicted octanol–water partition coefficient (Wildman–Crippen LogP) is 2.04. The van der Waals surface area contributed by atoms with Gasteiger partial charge >= 0.3 is 11.9 Å². The molecular weight excluding hydrogens is 262 g/mol. The molecule has 0 saturated carbocycles. The van der Waals surface area contributed by atoms with Crippen LogP contribution in [-0.4, -0.2) is 33.7 Å². The molecule has 0 amide bonds. The zero-order valence-corrected chi connectivity index (χ0v) is 10.2. The maximum atomic E-state index is 11.2. The van der Waals surface area contributed by atoms with Gasteiger partial charge in [0.15, 0.2) is 5.69 Å². The number of rotatable bonds is 2. The third-order valence-electron chi connectivity index (χ3n) is 3.04. The van der Waals surface area contributed by atoms with Crippen LogP contribution in [0.4, 0.5) is 0 Å². The first-order valence-electron chi connectivity index (χ1n) is 5.81. The minimum Gasteiger partial charge on any atom is -0.489 e. The summed E-state index contributed by atoms with van der Waals surface area (Å²) in [7, 11) is 0. The number of carbonyl (C=O) groups is 2. The summed E-state index contributed by atoms with van der Waals surface area (Å²) >= 11 is 0. The van der Waals surface area contributed by atoms with Crippen molar-refractivity contribution in [1.29, 1.82) is 0 Å². The normalized spacial score (nSPS) is 12.8. The van der Waals surface area contributed by atoms with Gasteiger partial charge in [-0.25, -0.2) is 14.6 Å². The van der Waals surface area contributed by atoms with E-state index in [1.165, 1.54) is 6.07 Å².